The topological polar surface area (TPSA) is 109 Å². The number of aryl methyl sites for hydroxylation is 2. The summed E-state index contributed by atoms with van der Waals surface area (Å²) in [6.07, 6.45) is 1.09. The molecule has 0 bridgehead atoms. The van der Waals surface area contributed by atoms with Gasteiger partial charge in [-0.05, 0) is 33.1 Å². The molecule has 1 fully saturated rings. The van der Waals surface area contributed by atoms with Crippen LogP contribution in [-0.4, -0.2) is 72.0 Å². The number of H-pyrrole nitrogens is 1. The first-order chi connectivity index (χ1) is 15.9. The zero-order chi connectivity index (χ0) is 24.0. The Morgan fingerprint density at radius 2 is 2.15 bits per heavy atom. The third-order valence-corrected chi connectivity index (χ3v) is 6.81. The first kappa shape index (κ1) is 25.4. The van der Waals surface area contributed by atoms with Gasteiger partial charge < -0.3 is 24.7 Å². The summed E-state index contributed by atoms with van der Waals surface area (Å²) in [7, 11) is 0. The number of carbonyl (C=O) groups excluding carboxylic acids is 2. The van der Waals surface area contributed by atoms with E-state index in [9.17, 15) is 14.0 Å². The minimum Gasteiger partial charge on any atom is -0.462 e. The number of nitrogens with zero attached hydrogens (tertiary/aromatic N) is 3. The molecule has 2 atom stereocenters. The summed E-state index contributed by atoms with van der Waals surface area (Å²) < 4.78 is 23.7. The molecule has 182 valence electrons. The molecule has 3 rings (SSSR count). The average Bonchev–Trinajstić information content (AvgIpc) is 3.37. The summed E-state index contributed by atoms with van der Waals surface area (Å²) >= 11 is 7.33. The van der Waals surface area contributed by atoms with Crippen LogP contribution in [0.15, 0.2) is 0 Å². The predicted octanol–water partition coefficient (Wildman–Crippen LogP) is 3.32. The molecular weight excluding hydrogens is 473 g/mol. The molecule has 1 aliphatic heterocycles. The summed E-state index contributed by atoms with van der Waals surface area (Å²) in [5.74, 6) is -0.611. The van der Waals surface area contributed by atoms with Crippen LogP contribution in [-0.2, 0) is 15.9 Å². The fourth-order valence-electron chi connectivity index (χ4n) is 3.58. The van der Waals surface area contributed by atoms with Crippen molar-refractivity contribution in [2.24, 2.45) is 0 Å². The number of alkyl halides is 1. The van der Waals surface area contributed by atoms with Crippen LogP contribution in [0.3, 0.4) is 0 Å². The number of anilines is 1. The molecule has 2 N–H and O–H groups in total. The summed E-state index contributed by atoms with van der Waals surface area (Å²) in [5.41, 5.74) is 1.31. The van der Waals surface area contributed by atoms with Crippen LogP contribution in [0.4, 0.5) is 9.52 Å². The Bertz CT molecular complexity index is 969. The molecule has 2 aromatic heterocycles. The van der Waals surface area contributed by atoms with Crippen molar-refractivity contribution in [3.63, 3.8) is 0 Å². The first-order valence-corrected chi connectivity index (χ1v) is 12.2. The van der Waals surface area contributed by atoms with Crippen LogP contribution >= 0.6 is 22.9 Å². The predicted molar refractivity (Wildman–Crippen MR) is 124 cm³/mol. The van der Waals surface area contributed by atoms with Crippen LogP contribution in [0.5, 0.6) is 0 Å². The van der Waals surface area contributed by atoms with E-state index in [0.717, 1.165) is 0 Å². The van der Waals surface area contributed by atoms with E-state index >= 15 is 0 Å². The van der Waals surface area contributed by atoms with Gasteiger partial charge in [0.2, 0.25) is 0 Å². The third-order valence-electron chi connectivity index (χ3n) is 5.30. The van der Waals surface area contributed by atoms with Crippen molar-refractivity contribution < 1.29 is 23.5 Å². The minimum absolute atomic E-state index is 0.149. The second-order valence-corrected chi connectivity index (χ2v) is 8.94. The molecule has 0 radical (unpaired) electrons. The largest absolute Gasteiger partial charge is 0.462 e. The molecule has 9 nitrogen and oxygen atoms in total. The van der Waals surface area contributed by atoms with Crippen LogP contribution < -0.4 is 10.2 Å². The Balaban J connectivity index is 1.72. The van der Waals surface area contributed by atoms with E-state index in [-0.39, 0.29) is 48.0 Å². The number of carbonyl (C=O) groups is 2. The van der Waals surface area contributed by atoms with E-state index in [4.69, 9.17) is 21.1 Å². The number of ether oxygens (including phenoxy) is 2. The maximum Gasteiger partial charge on any atom is 0.350 e. The van der Waals surface area contributed by atoms with Crippen LogP contribution in [0.2, 0.25) is 5.15 Å². The van der Waals surface area contributed by atoms with Crippen molar-refractivity contribution in [3.05, 3.63) is 27.2 Å². The van der Waals surface area contributed by atoms with Gasteiger partial charge in [-0.3, -0.25) is 9.18 Å². The van der Waals surface area contributed by atoms with Gasteiger partial charge in [0.25, 0.3) is 5.91 Å². The fourth-order valence-corrected chi connectivity index (χ4v) is 4.84. The molecular formula is C21H29ClFN5O4S. The van der Waals surface area contributed by atoms with Gasteiger partial charge in [0.15, 0.2) is 16.1 Å². The molecule has 1 saturated heterocycles. The van der Waals surface area contributed by atoms with Gasteiger partial charge in [-0.2, -0.15) is 0 Å². The van der Waals surface area contributed by atoms with Gasteiger partial charge in [-0.1, -0.05) is 29.9 Å². The maximum atomic E-state index is 12.8. The zero-order valence-electron chi connectivity index (χ0n) is 19.0. The molecule has 33 heavy (non-hydrogen) atoms. The fraction of sp³-hybridized carbons (Fsp3) is 0.619. The van der Waals surface area contributed by atoms with Crippen molar-refractivity contribution in [1.29, 1.82) is 0 Å². The lowest BCUT2D eigenvalue weighted by Gasteiger charge is -2.38. The van der Waals surface area contributed by atoms with E-state index in [1.807, 2.05) is 11.8 Å². The van der Waals surface area contributed by atoms with Gasteiger partial charge >= 0.3 is 5.97 Å². The number of hydrogen-bond donors (Lipinski definition) is 2. The quantitative estimate of drug-likeness (QED) is 0.379. The number of rotatable bonds is 10. The molecule has 12 heteroatoms. The number of thiazole rings is 1. The molecule has 2 aromatic rings. The smallest absolute Gasteiger partial charge is 0.350 e. The SMILES string of the molecule is CCOC(=O)c1sc(N2CCC(NC(=O)c3nc(Cl)c(CC)[nH]3)C(OCCCF)C2)nc1C. The zero-order valence-corrected chi connectivity index (χ0v) is 20.5. The van der Waals surface area contributed by atoms with Crippen molar-refractivity contribution in [2.45, 2.75) is 52.2 Å². The molecule has 0 saturated carbocycles. The second-order valence-electron chi connectivity index (χ2n) is 7.61. The lowest BCUT2D eigenvalue weighted by molar-refractivity contribution is 0.0171. The van der Waals surface area contributed by atoms with E-state index in [1.165, 1.54) is 11.3 Å². The summed E-state index contributed by atoms with van der Waals surface area (Å²) in [6.45, 7) is 6.53. The second kappa shape index (κ2) is 11.8. The number of hydrogen-bond acceptors (Lipinski definition) is 8. The van der Waals surface area contributed by atoms with Gasteiger partial charge in [-0.15, -0.1) is 0 Å². The molecule has 2 unspecified atom stereocenters. The lowest BCUT2D eigenvalue weighted by atomic mass is 10.0. The Kier molecular flexibility index (Phi) is 9.04. The number of aromatic nitrogens is 3. The number of aromatic amines is 1. The molecule has 1 aliphatic rings. The first-order valence-electron chi connectivity index (χ1n) is 11.0. The summed E-state index contributed by atoms with van der Waals surface area (Å²) in [5, 5.41) is 3.94. The standard InChI is InChI=1S/C21H29ClFN5O4S/c1-4-13-17(22)27-18(25-13)19(29)26-14-7-9-28(11-15(14)32-10-6-8-23)21-24-12(3)16(33-21)20(30)31-5-2/h14-15H,4-11H2,1-3H3,(H,25,27)(H,26,29). The third kappa shape index (κ3) is 6.21. The maximum absolute atomic E-state index is 12.8. The summed E-state index contributed by atoms with van der Waals surface area (Å²) in [4.78, 5) is 39.0. The number of nitrogens with one attached hydrogen (secondary N) is 2. The van der Waals surface area contributed by atoms with Gasteiger partial charge in [-0.25, -0.2) is 14.8 Å². The normalized spacial score (nSPS) is 18.4. The van der Waals surface area contributed by atoms with Crippen molar-refractivity contribution in [1.82, 2.24) is 20.3 Å². The molecule has 1 amide bonds. The van der Waals surface area contributed by atoms with Crippen LogP contribution in [0.25, 0.3) is 0 Å². The molecule has 3 heterocycles. The van der Waals surface area contributed by atoms with Crippen molar-refractivity contribution in [3.8, 4) is 0 Å². The van der Waals surface area contributed by atoms with Crippen LogP contribution in [0.1, 0.15) is 58.4 Å². The van der Waals surface area contributed by atoms with Gasteiger partial charge in [0.05, 0.1) is 36.8 Å². The Labute approximate surface area is 201 Å². The van der Waals surface area contributed by atoms with Gasteiger partial charge in [0, 0.05) is 19.7 Å². The monoisotopic (exact) mass is 501 g/mol. The highest BCUT2D eigenvalue weighted by molar-refractivity contribution is 7.17. The van der Waals surface area contributed by atoms with Crippen molar-refractivity contribution >= 4 is 39.9 Å². The van der Waals surface area contributed by atoms with E-state index in [1.54, 1.807) is 13.8 Å². The van der Waals surface area contributed by atoms with E-state index in [0.29, 0.717) is 53.9 Å². The molecule has 0 aliphatic carbocycles. The molecule has 0 spiro atoms. The minimum atomic E-state index is -0.479. The van der Waals surface area contributed by atoms with Crippen LogP contribution in [0, 0.1) is 6.92 Å². The Hall–Kier alpha value is -2.24. The number of halogens is 2. The highest BCUT2D eigenvalue weighted by Crippen LogP contribution is 2.30. The number of piperidine rings is 1. The van der Waals surface area contributed by atoms with Crippen molar-refractivity contribution in [2.75, 3.05) is 37.9 Å². The number of imidazole rings is 1. The Morgan fingerprint density at radius 1 is 1.36 bits per heavy atom. The lowest BCUT2D eigenvalue weighted by Crippen LogP contribution is -2.55. The Morgan fingerprint density at radius 3 is 2.82 bits per heavy atom. The summed E-state index contributed by atoms with van der Waals surface area (Å²) in [6, 6.07) is -0.298. The highest BCUT2D eigenvalue weighted by Gasteiger charge is 2.34. The average molecular weight is 502 g/mol. The number of esters is 1. The van der Waals surface area contributed by atoms with E-state index in [2.05, 4.69) is 20.3 Å². The molecule has 0 aromatic carbocycles. The van der Waals surface area contributed by atoms with E-state index < -0.39 is 6.67 Å². The number of amides is 1. The highest BCUT2D eigenvalue weighted by atomic mass is 35.5. The van der Waals surface area contributed by atoms with Gasteiger partial charge in [0.1, 0.15) is 4.88 Å².